The van der Waals surface area contributed by atoms with E-state index in [1.165, 1.54) is 0 Å². The number of aliphatic hydroxyl groups excluding tert-OH is 1. The SMILES string of the molecule is CCN(CC(N)=O)c1ccc2c(c1)NC(=O)C2O. The van der Waals surface area contributed by atoms with Crippen molar-refractivity contribution in [3.63, 3.8) is 0 Å². The first-order valence-corrected chi connectivity index (χ1v) is 5.69. The van der Waals surface area contributed by atoms with Crippen LogP contribution in [0.2, 0.25) is 0 Å². The van der Waals surface area contributed by atoms with Gasteiger partial charge >= 0.3 is 0 Å². The molecular weight excluding hydrogens is 234 g/mol. The van der Waals surface area contributed by atoms with Gasteiger partial charge in [-0.2, -0.15) is 0 Å². The van der Waals surface area contributed by atoms with Crippen molar-refractivity contribution < 1.29 is 14.7 Å². The van der Waals surface area contributed by atoms with Crippen LogP contribution in [-0.4, -0.2) is 30.0 Å². The number of hydrogen-bond donors (Lipinski definition) is 3. The van der Waals surface area contributed by atoms with E-state index in [0.717, 1.165) is 5.69 Å². The highest BCUT2D eigenvalue weighted by Gasteiger charge is 2.28. The number of carbonyl (C=O) groups is 2. The van der Waals surface area contributed by atoms with Gasteiger partial charge < -0.3 is 21.1 Å². The molecular formula is C12H15N3O3. The summed E-state index contributed by atoms with van der Waals surface area (Å²) in [6.45, 7) is 2.65. The van der Waals surface area contributed by atoms with Crippen LogP contribution in [-0.2, 0) is 9.59 Å². The van der Waals surface area contributed by atoms with Gasteiger partial charge in [-0.15, -0.1) is 0 Å². The molecule has 0 fully saturated rings. The van der Waals surface area contributed by atoms with E-state index in [4.69, 9.17) is 5.73 Å². The lowest BCUT2D eigenvalue weighted by Crippen LogP contribution is -2.33. The number of rotatable bonds is 4. The van der Waals surface area contributed by atoms with Gasteiger partial charge in [-0.1, -0.05) is 6.07 Å². The largest absolute Gasteiger partial charge is 0.378 e. The Morgan fingerprint density at radius 1 is 1.56 bits per heavy atom. The van der Waals surface area contributed by atoms with Crippen LogP contribution in [0.5, 0.6) is 0 Å². The summed E-state index contributed by atoms with van der Waals surface area (Å²) >= 11 is 0. The number of carbonyl (C=O) groups excluding carboxylic acids is 2. The lowest BCUT2D eigenvalue weighted by molar-refractivity contribution is -0.123. The van der Waals surface area contributed by atoms with Crippen molar-refractivity contribution in [1.29, 1.82) is 0 Å². The lowest BCUT2D eigenvalue weighted by Gasteiger charge is -2.21. The molecule has 1 atom stereocenters. The molecule has 1 aromatic carbocycles. The summed E-state index contributed by atoms with van der Waals surface area (Å²) in [5.41, 5.74) is 7.09. The molecule has 0 saturated heterocycles. The molecule has 96 valence electrons. The third-order valence-corrected chi connectivity index (χ3v) is 2.93. The summed E-state index contributed by atoms with van der Waals surface area (Å²) in [7, 11) is 0. The maximum absolute atomic E-state index is 11.3. The van der Waals surface area contributed by atoms with Gasteiger partial charge in [-0.05, 0) is 19.1 Å². The Morgan fingerprint density at radius 2 is 2.28 bits per heavy atom. The standard InChI is InChI=1S/C12H15N3O3/c1-2-15(6-10(13)16)7-3-4-8-9(5-7)14-12(18)11(8)17/h3-5,11,17H,2,6H2,1H3,(H2,13,16)(H,14,18). The molecule has 1 heterocycles. The molecule has 1 unspecified atom stereocenters. The molecule has 2 amide bonds. The maximum atomic E-state index is 11.3. The van der Waals surface area contributed by atoms with Crippen molar-refractivity contribution in [2.24, 2.45) is 5.73 Å². The molecule has 0 saturated carbocycles. The van der Waals surface area contributed by atoms with Crippen molar-refractivity contribution in [2.75, 3.05) is 23.3 Å². The minimum Gasteiger partial charge on any atom is -0.378 e. The van der Waals surface area contributed by atoms with Crippen LogP contribution >= 0.6 is 0 Å². The molecule has 0 aromatic heterocycles. The number of anilines is 2. The zero-order chi connectivity index (χ0) is 13.3. The number of fused-ring (bicyclic) bond motifs is 1. The van der Waals surface area contributed by atoms with Crippen LogP contribution in [0.25, 0.3) is 0 Å². The van der Waals surface area contributed by atoms with Crippen LogP contribution in [0.15, 0.2) is 18.2 Å². The highest BCUT2D eigenvalue weighted by atomic mass is 16.3. The third kappa shape index (κ3) is 2.14. The first-order chi connectivity index (χ1) is 8.52. The van der Waals surface area contributed by atoms with E-state index in [0.29, 0.717) is 17.8 Å². The fraction of sp³-hybridized carbons (Fsp3) is 0.333. The van der Waals surface area contributed by atoms with Gasteiger partial charge in [0.15, 0.2) is 6.10 Å². The molecule has 0 aliphatic carbocycles. The fourth-order valence-corrected chi connectivity index (χ4v) is 2.00. The van der Waals surface area contributed by atoms with Crippen LogP contribution in [0.1, 0.15) is 18.6 Å². The van der Waals surface area contributed by atoms with Crippen LogP contribution in [0.4, 0.5) is 11.4 Å². The van der Waals surface area contributed by atoms with Gasteiger partial charge in [0.05, 0.1) is 6.54 Å². The van der Waals surface area contributed by atoms with E-state index in [1.807, 2.05) is 6.92 Å². The van der Waals surface area contributed by atoms with Crippen molar-refractivity contribution in [1.82, 2.24) is 0 Å². The molecule has 4 N–H and O–H groups in total. The number of nitrogens with two attached hydrogens (primary N) is 1. The topological polar surface area (TPSA) is 95.7 Å². The minimum absolute atomic E-state index is 0.117. The summed E-state index contributed by atoms with van der Waals surface area (Å²) in [5, 5.41) is 12.2. The molecule has 6 nitrogen and oxygen atoms in total. The van der Waals surface area contributed by atoms with Gasteiger partial charge in [0.1, 0.15) is 0 Å². The van der Waals surface area contributed by atoms with Gasteiger partial charge in [-0.25, -0.2) is 0 Å². The molecule has 1 aliphatic heterocycles. The normalized spacial score (nSPS) is 17.2. The molecule has 6 heteroatoms. The Hall–Kier alpha value is -2.08. The number of hydrogen-bond acceptors (Lipinski definition) is 4. The van der Waals surface area contributed by atoms with Crippen molar-refractivity contribution >= 4 is 23.2 Å². The van der Waals surface area contributed by atoms with Gasteiger partial charge in [-0.3, -0.25) is 9.59 Å². The second-order valence-electron chi connectivity index (χ2n) is 4.14. The Morgan fingerprint density at radius 3 is 2.89 bits per heavy atom. The second kappa shape index (κ2) is 4.66. The van der Waals surface area contributed by atoms with Crippen molar-refractivity contribution in [3.8, 4) is 0 Å². The molecule has 0 radical (unpaired) electrons. The summed E-state index contributed by atoms with van der Waals surface area (Å²) in [4.78, 5) is 24.1. The number of benzene rings is 1. The number of amides is 2. The van der Waals surface area contributed by atoms with E-state index in [-0.39, 0.29) is 6.54 Å². The van der Waals surface area contributed by atoms with E-state index in [2.05, 4.69) is 5.32 Å². The summed E-state index contributed by atoms with van der Waals surface area (Å²) in [6, 6.07) is 5.17. The first kappa shape index (κ1) is 12.4. The third-order valence-electron chi connectivity index (χ3n) is 2.93. The molecule has 1 aromatic rings. The van der Waals surface area contributed by atoms with Crippen LogP contribution in [0.3, 0.4) is 0 Å². The second-order valence-corrected chi connectivity index (χ2v) is 4.14. The molecule has 18 heavy (non-hydrogen) atoms. The highest BCUT2D eigenvalue weighted by molar-refractivity contribution is 6.02. The lowest BCUT2D eigenvalue weighted by atomic mass is 10.1. The summed E-state index contributed by atoms with van der Waals surface area (Å²) < 4.78 is 0. The van der Waals surface area contributed by atoms with Gasteiger partial charge in [0.25, 0.3) is 5.91 Å². The Labute approximate surface area is 104 Å². The van der Waals surface area contributed by atoms with Crippen LogP contribution < -0.4 is 16.0 Å². The first-order valence-electron chi connectivity index (χ1n) is 5.69. The van der Waals surface area contributed by atoms with E-state index in [9.17, 15) is 14.7 Å². The van der Waals surface area contributed by atoms with Gasteiger partial charge in [0.2, 0.25) is 5.91 Å². The number of nitrogens with one attached hydrogen (secondary N) is 1. The quantitative estimate of drug-likeness (QED) is 0.699. The van der Waals surface area contributed by atoms with Crippen molar-refractivity contribution in [2.45, 2.75) is 13.0 Å². The monoisotopic (exact) mass is 249 g/mol. The molecule has 2 rings (SSSR count). The summed E-state index contributed by atoms with van der Waals surface area (Å²) in [6.07, 6.45) is -1.11. The Balaban J connectivity index is 2.29. The predicted octanol–water partition coefficient (Wildman–Crippen LogP) is -0.0163. The average Bonchev–Trinajstić information content (AvgIpc) is 2.61. The minimum atomic E-state index is -1.11. The average molecular weight is 249 g/mol. The molecule has 0 spiro atoms. The maximum Gasteiger partial charge on any atom is 0.257 e. The predicted molar refractivity (Wildman–Crippen MR) is 67.1 cm³/mol. The van der Waals surface area contributed by atoms with E-state index >= 15 is 0 Å². The van der Waals surface area contributed by atoms with E-state index in [1.54, 1.807) is 23.1 Å². The molecule has 0 bridgehead atoms. The Bertz CT molecular complexity index is 501. The zero-order valence-corrected chi connectivity index (χ0v) is 10.0. The zero-order valence-electron chi connectivity index (χ0n) is 10.0. The van der Waals surface area contributed by atoms with E-state index < -0.39 is 17.9 Å². The van der Waals surface area contributed by atoms with Crippen LogP contribution in [0, 0.1) is 0 Å². The number of likely N-dealkylation sites (N-methyl/N-ethyl adjacent to an activating group) is 1. The number of primary amides is 1. The fourth-order valence-electron chi connectivity index (χ4n) is 2.00. The summed E-state index contributed by atoms with van der Waals surface area (Å²) in [5.74, 6) is -0.846. The van der Waals surface area contributed by atoms with Crippen molar-refractivity contribution in [3.05, 3.63) is 23.8 Å². The Kier molecular flexibility index (Phi) is 3.20. The smallest absolute Gasteiger partial charge is 0.257 e. The number of nitrogens with zero attached hydrogens (tertiary/aromatic N) is 1. The highest BCUT2D eigenvalue weighted by Crippen LogP contribution is 2.33. The number of aliphatic hydroxyl groups is 1. The molecule has 1 aliphatic rings. The van der Waals surface area contributed by atoms with Gasteiger partial charge in [0, 0.05) is 23.5 Å².